The van der Waals surface area contributed by atoms with Gasteiger partial charge in [0.1, 0.15) is 0 Å². The number of phenolic OH excluding ortho intramolecular Hbond substituents is 1. The molecule has 0 amide bonds. The van der Waals surface area contributed by atoms with Gasteiger partial charge in [-0.25, -0.2) is 9.59 Å². The lowest BCUT2D eigenvalue weighted by atomic mass is 10.0. The Balaban J connectivity index is 2.45. The van der Waals surface area contributed by atoms with E-state index in [0.29, 0.717) is 10.8 Å². The lowest BCUT2D eigenvalue weighted by molar-refractivity contribution is 0.352. The molecule has 0 aliphatic heterocycles. The number of benzene rings is 2. The zero-order valence-corrected chi connectivity index (χ0v) is 13.5. The van der Waals surface area contributed by atoms with Crippen molar-refractivity contribution in [1.82, 2.24) is 0 Å². The molecular formula is C17H12O8. The number of rotatable bonds is 3. The first-order valence-electron chi connectivity index (χ1n) is 7.19. The van der Waals surface area contributed by atoms with E-state index < -0.39 is 11.3 Å². The highest BCUT2D eigenvalue weighted by atomic mass is 16.5. The van der Waals surface area contributed by atoms with Crippen LogP contribution in [0.5, 0.6) is 23.0 Å². The minimum Gasteiger partial charge on any atom is -0.504 e. The molecule has 0 spiro atoms. The highest BCUT2D eigenvalue weighted by molar-refractivity contribution is 6.22. The van der Waals surface area contributed by atoms with Crippen molar-refractivity contribution in [3.05, 3.63) is 33.0 Å². The largest absolute Gasteiger partial charge is 0.504 e. The van der Waals surface area contributed by atoms with E-state index in [-0.39, 0.29) is 44.9 Å². The zero-order chi connectivity index (χ0) is 17.9. The van der Waals surface area contributed by atoms with Gasteiger partial charge in [-0.05, 0) is 12.1 Å². The number of methoxy groups -OCH3 is 3. The van der Waals surface area contributed by atoms with Gasteiger partial charge in [-0.2, -0.15) is 0 Å². The van der Waals surface area contributed by atoms with Crippen molar-refractivity contribution >= 4 is 32.7 Å². The molecule has 1 N–H and O–H groups in total. The van der Waals surface area contributed by atoms with Crippen LogP contribution in [0, 0.1) is 0 Å². The second kappa shape index (κ2) is 5.04. The van der Waals surface area contributed by atoms with Crippen molar-refractivity contribution in [2.45, 2.75) is 0 Å². The van der Waals surface area contributed by atoms with Gasteiger partial charge in [-0.15, -0.1) is 0 Å². The molecule has 0 fully saturated rings. The number of hydrogen-bond donors (Lipinski definition) is 1. The van der Waals surface area contributed by atoms with E-state index in [0.717, 1.165) is 0 Å². The summed E-state index contributed by atoms with van der Waals surface area (Å²) in [5, 5.41) is 10.9. The quantitative estimate of drug-likeness (QED) is 0.445. The monoisotopic (exact) mass is 344 g/mol. The van der Waals surface area contributed by atoms with E-state index in [2.05, 4.69) is 0 Å². The Morgan fingerprint density at radius 3 is 1.84 bits per heavy atom. The number of aromatic hydroxyl groups is 1. The fraction of sp³-hybridized carbons (Fsp3) is 0.176. The maximum atomic E-state index is 12.5. The van der Waals surface area contributed by atoms with Crippen LogP contribution in [0.15, 0.2) is 30.6 Å². The standard InChI is InChI=1S/C17H12O8/c1-21-9-5-7-11-10-6(16(19)25-15(11)13(9)23-3)4-8(18)12(22-2)14(10)24-17(7)20/h4-5,18H,1-3H3. The molecule has 2 aromatic carbocycles. The number of phenols is 1. The predicted octanol–water partition coefficient (Wildman–Crippen LogP) is 2.22. The first kappa shape index (κ1) is 15.1. The fourth-order valence-electron chi connectivity index (χ4n) is 3.09. The molecule has 8 heteroatoms. The Bertz CT molecular complexity index is 1250. The third-order valence-corrected chi connectivity index (χ3v) is 4.13. The summed E-state index contributed by atoms with van der Waals surface area (Å²) in [4.78, 5) is 24.9. The minimum absolute atomic E-state index is 0.0416. The molecule has 0 saturated heterocycles. The van der Waals surface area contributed by atoms with Crippen LogP contribution < -0.4 is 25.5 Å². The Labute approximate surface area is 139 Å². The van der Waals surface area contributed by atoms with Gasteiger partial charge in [0.05, 0.1) is 32.1 Å². The molecule has 0 saturated carbocycles. The van der Waals surface area contributed by atoms with Crippen LogP contribution in [0.25, 0.3) is 32.7 Å². The van der Waals surface area contributed by atoms with Gasteiger partial charge in [0.2, 0.25) is 11.5 Å². The minimum atomic E-state index is -0.725. The lowest BCUT2D eigenvalue weighted by Crippen LogP contribution is -2.08. The fourth-order valence-corrected chi connectivity index (χ4v) is 3.09. The molecule has 2 heterocycles. The van der Waals surface area contributed by atoms with E-state index in [4.69, 9.17) is 23.0 Å². The van der Waals surface area contributed by atoms with E-state index in [9.17, 15) is 14.7 Å². The van der Waals surface area contributed by atoms with E-state index >= 15 is 0 Å². The second-order valence-electron chi connectivity index (χ2n) is 5.32. The van der Waals surface area contributed by atoms with Crippen molar-refractivity contribution in [2.75, 3.05) is 21.3 Å². The summed E-state index contributed by atoms with van der Waals surface area (Å²) in [6, 6.07) is 2.66. The molecule has 0 atom stereocenters. The lowest BCUT2D eigenvalue weighted by Gasteiger charge is -2.14. The maximum absolute atomic E-state index is 12.5. The molecule has 0 aliphatic rings. The van der Waals surface area contributed by atoms with E-state index in [1.807, 2.05) is 0 Å². The van der Waals surface area contributed by atoms with Crippen LogP contribution in [-0.4, -0.2) is 26.4 Å². The van der Waals surface area contributed by atoms with Crippen molar-refractivity contribution < 1.29 is 28.2 Å². The molecule has 128 valence electrons. The molecule has 8 nitrogen and oxygen atoms in total. The number of ether oxygens (including phenoxy) is 3. The van der Waals surface area contributed by atoms with Gasteiger partial charge < -0.3 is 28.2 Å². The molecule has 0 unspecified atom stereocenters. The smallest absolute Gasteiger partial charge is 0.344 e. The first-order valence-corrected chi connectivity index (χ1v) is 7.19. The van der Waals surface area contributed by atoms with Crippen molar-refractivity contribution in [1.29, 1.82) is 0 Å². The summed E-state index contributed by atoms with van der Waals surface area (Å²) in [7, 11) is 4.11. The molecule has 25 heavy (non-hydrogen) atoms. The number of hydrogen-bond acceptors (Lipinski definition) is 8. The Morgan fingerprint density at radius 2 is 1.32 bits per heavy atom. The molecule has 4 rings (SSSR count). The zero-order valence-electron chi connectivity index (χ0n) is 13.5. The van der Waals surface area contributed by atoms with Gasteiger partial charge in [0.15, 0.2) is 22.7 Å². The Hall–Kier alpha value is -3.42. The topological polar surface area (TPSA) is 108 Å². The first-order chi connectivity index (χ1) is 12.0. The summed E-state index contributed by atoms with van der Waals surface area (Å²) in [5.41, 5.74) is -1.41. The summed E-state index contributed by atoms with van der Waals surface area (Å²) in [6.45, 7) is 0. The van der Waals surface area contributed by atoms with E-state index in [1.165, 1.54) is 33.5 Å². The average molecular weight is 344 g/mol. The van der Waals surface area contributed by atoms with Crippen molar-refractivity contribution in [3.8, 4) is 23.0 Å². The van der Waals surface area contributed by atoms with Gasteiger partial charge in [0, 0.05) is 10.8 Å². The van der Waals surface area contributed by atoms with Crippen LogP contribution in [0.2, 0.25) is 0 Å². The summed E-state index contributed by atoms with van der Waals surface area (Å²) < 4.78 is 26.3. The van der Waals surface area contributed by atoms with Crippen LogP contribution in [0.3, 0.4) is 0 Å². The molecule has 0 bridgehead atoms. The molecule has 4 aromatic rings. The Kier molecular flexibility index (Phi) is 3.05. The second-order valence-corrected chi connectivity index (χ2v) is 5.32. The SMILES string of the molecule is COc1cc2c(=O)oc3c(OC)c(O)cc4c(=O)oc(c1OC)c2c34. The van der Waals surface area contributed by atoms with Crippen LogP contribution in [0.1, 0.15) is 0 Å². The van der Waals surface area contributed by atoms with Crippen molar-refractivity contribution in [3.63, 3.8) is 0 Å². The van der Waals surface area contributed by atoms with Gasteiger partial charge in [-0.1, -0.05) is 0 Å². The van der Waals surface area contributed by atoms with Gasteiger partial charge >= 0.3 is 11.3 Å². The molecule has 2 aromatic heterocycles. The molecule has 0 radical (unpaired) electrons. The normalized spacial score (nSPS) is 11.5. The van der Waals surface area contributed by atoms with Gasteiger partial charge in [0.25, 0.3) is 0 Å². The average Bonchev–Trinajstić information content (AvgIpc) is 2.60. The highest BCUT2D eigenvalue weighted by Crippen LogP contribution is 2.45. The third kappa shape index (κ3) is 1.81. The van der Waals surface area contributed by atoms with E-state index in [1.54, 1.807) is 0 Å². The Morgan fingerprint density at radius 1 is 0.800 bits per heavy atom. The van der Waals surface area contributed by atoms with Crippen LogP contribution >= 0.6 is 0 Å². The van der Waals surface area contributed by atoms with Crippen molar-refractivity contribution in [2.24, 2.45) is 0 Å². The summed E-state index contributed by atoms with van der Waals surface area (Å²) in [6.07, 6.45) is 0. The van der Waals surface area contributed by atoms with Crippen LogP contribution in [-0.2, 0) is 0 Å². The predicted molar refractivity (Wildman–Crippen MR) is 88.5 cm³/mol. The highest BCUT2D eigenvalue weighted by Gasteiger charge is 2.26. The summed E-state index contributed by atoms with van der Waals surface area (Å²) in [5.74, 6) is 0.00754. The van der Waals surface area contributed by atoms with Crippen LogP contribution in [0.4, 0.5) is 0 Å². The summed E-state index contributed by atoms with van der Waals surface area (Å²) >= 11 is 0. The maximum Gasteiger partial charge on any atom is 0.344 e. The third-order valence-electron chi connectivity index (χ3n) is 4.13. The molecular weight excluding hydrogens is 332 g/mol. The van der Waals surface area contributed by atoms with Gasteiger partial charge in [-0.3, -0.25) is 0 Å². The molecule has 0 aliphatic carbocycles.